The van der Waals surface area contributed by atoms with E-state index < -0.39 is 6.03 Å². The first-order valence-electron chi connectivity index (χ1n) is 9.00. The Hall–Kier alpha value is -3.08. The van der Waals surface area contributed by atoms with E-state index in [-0.39, 0.29) is 12.3 Å². The Morgan fingerprint density at radius 2 is 2.03 bits per heavy atom. The molecule has 0 saturated carbocycles. The maximum Gasteiger partial charge on any atom is 0.352 e. The lowest BCUT2D eigenvalue weighted by Crippen LogP contribution is -2.49. The maximum absolute atomic E-state index is 12.0. The zero-order valence-corrected chi connectivity index (χ0v) is 18.4. The van der Waals surface area contributed by atoms with Crippen molar-refractivity contribution in [3.05, 3.63) is 46.4 Å². The third kappa shape index (κ3) is 4.73. The molecule has 11 heteroatoms. The maximum atomic E-state index is 12.0. The third-order valence-corrected chi connectivity index (χ3v) is 5.03. The number of hydrazine groups is 2. The lowest BCUT2D eigenvalue weighted by atomic mass is 10.1. The molecule has 0 aliphatic carbocycles. The monoisotopic (exact) mass is 434 g/mol. The van der Waals surface area contributed by atoms with Crippen LogP contribution in [-0.4, -0.2) is 52.2 Å². The second kappa shape index (κ2) is 9.61. The molecule has 10 nitrogen and oxygen atoms in total. The predicted molar refractivity (Wildman–Crippen MR) is 118 cm³/mol. The average Bonchev–Trinajstić information content (AvgIpc) is 2.98. The van der Waals surface area contributed by atoms with Crippen LogP contribution in [0.3, 0.4) is 0 Å². The number of carbonyl (C=O) groups excluding carboxylic acids is 1. The Kier molecular flexibility index (Phi) is 7.43. The molecule has 2 amide bonds. The first-order chi connectivity index (χ1) is 14.1. The standard InChI is InChI=1S/C19H27ClN8O2/c1-11-8-13(17-12(2)18(20)27(5)25-17)6-7-16(11)30-10-14(24-3)15(9-21)28(23)19(29)26(4)22/h6-9H,10,21-23H2,1-5H3. The Morgan fingerprint density at radius 1 is 1.37 bits per heavy atom. The second-order valence-electron chi connectivity index (χ2n) is 6.64. The minimum absolute atomic E-state index is 0.0451. The van der Waals surface area contributed by atoms with Crippen molar-refractivity contribution in [1.82, 2.24) is 19.8 Å². The highest BCUT2D eigenvalue weighted by Gasteiger charge is 2.21. The van der Waals surface area contributed by atoms with Crippen LogP contribution in [0.5, 0.6) is 5.75 Å². The lowest BCUT2D eigenvalue weighted by molar-refractivity contribution is 0.179. The van der Waals surface area contributed by atoms with Gasteiger partial charge in [0.05, 0.1) is 11.4 Å². The van der Waals surface area contributed by atoms with Crippen LogP contribution in [0.2, 0.25) is 5.15 Å². The van der Waals surface area contributed by atoms with Crippen LogP contribution in [0.1, 0.15) is 11.1 Å². The number of carbonyl (C=O) groups is 1. The first kappa shape index (κ1) is 23.2. The summed E-state index contributed by atoms with van der Waals surface area (Å²) in [5.74, 6) is 11.9. The van der Waals surface area contributed by atoms with Crippen molar-refractivity contribution < 1.29 is 9.53 Å². The fourth-order valence-corrected chi connectivity index (χ4v) is 2.96. The van der Waals surface area contributed by atoms with Crippen molar-refractivity contribution in [3.63, 3.8) is 0 Å². The zero-order chi connectivity index (χ0) is 22.6. The Bertz CT molecular complexity index is 997. The van der Waals surface area contributed by atoms with Crippen molar-refractivity contribution in [1.29, 1.82) is 0 Å². The lowest BCUT2D eigenvalue weighted by Gasteiger charge is -2.24. The van der Waals surface area contributed by atoms with E-state index in [1.165, 1.54) is 13.2 Å². The molecule has 0 unspecified atom stereocenters. The average molecular weight is 435 g/mol. The van der Waals surface area contributed by atoms with E-state index in [4.69, 9.17) is 33.8 Å². The molecule has 0 atom stereocenters. The van der Waals surface area contributed by atoms with Crippen LogP contribution in [-0.2, 0) is 7.05 Å². The number of amides is 2. The van der Waals surface area contributed by atoms with Gasteiger partial charge in [0.1, 0.15) is 23.2 Å². The van der Waals surface area contributed by atoms with Crippen LogP contribution < -0.4 is 22.2 Å². The number of rotatable bonds is 6. The third-order valence-electron chi connectivity index (χ3n) is 4.50. The van der Waals surface area contributed by atoms with Crippen LogP contribution in [0, 0.1) is 13.8 Å². The molecule has 1 heterocycles. The minimum Gasteiger partial charge on any atom is -0.487 e. The number of aryl methyl sites for hydroxylation is 2. The fourth-order valence-electron chi connectivity index (χ4n) is 2.83. The van der Waals surface area contributed by atoms with Gasteiger partial charge >= 0.3 is 6.03 Å². The number of aliphatic imine (C=N–C) groups is 1. The zero-order valence-electron chi connectivity index (χ0n) is 17.7. The first-order valence-corrected chi connectivity index (χ1v) is 9.38. The molecule has 30 heavy (non-hydrogen) atoms. The molecular formula is C19H27ClN8O2. The Balaban J connectivity index is 2.20. The molecule has 2 aromatic rings. The summed E-state index contributed by atoms with van der Waals surface area (Å²) in [6.45, 7) is 3.89. The fraction of sp³-hybridized carbons (Fsp3) is 0.316. The number of halogens is 1. The molecule has 162 valence electrons. The van der Waals surface area contributed by atoms with E-state index in [1.807, 2.05) is 32.0 Å². The minimum atomic E-state index is -0.655. The van der Waals surface area contributed by atoms with Crippen LogP contribution in [0.15, 0.2) is 35.1 Å². The van der Waals surface area contributed by atoms with E-state index >= 15 is 0 Å². The van der Waals surface area contributed by atoms with Crippen molar-refractivity contribution in [2.45, 2.75) is 13.8 Å². The number of ether oxygens (including phenoxy) is 1. The molecule has 2 rings (SSSR count). The van der Waals surface area contributed by atoms with Crippen LogP contribution >= 0.6 is 11.6 Å². The molecule has 1 aromatic heterocycles. The molecule has 6 N–H and O–H groups in total. The van der Waals surface area contributed by atoms with E-state index in [2.05, 4.69) is 10.1 Å². The predicted octanol–water partition coefficient (Wildman–Crippen LogP) is 1.71. The number of nitrogens with zero attached hydrogens (tertiary/aromatic N) is 5. The van der Waals surface area contributed by atoms with Crippen LogP contribution in [0.25, 0.3) is 11.3 Å². The molecule has 0 aliphatic heterocycles. The smallest absolute Gasteiger partial charge is 0.352 e. The number of hydrogen-bond donors (Lipinski definition) is 3. The van der Waals surface area contributed by atoms with Crippen LogP contribution in [0.4, 0.5) is 4.79 Å². The van der Waals surface area contributed by atoms with Gasteiger partial charge in [-0.05, 0) is 37.6 Å². The van der Waals surface area contributed by atoms with Gasteiger partial charge in [0.2, 0.25) is 0 Å². The van der Waals surface area contributed by atoms with Gasteiger partial charge in [-0.15, -0.1) is 0 Å². The Morgan fingerprint density at radius 3 is 2.50 bits per heavy atom. The summed E-state index contributed by atoms with van der Waals surface area (Å²) in [5.41, 5.74) is 9.75. The molecular weight excluding hydrogens is 408 g/mol. The normalized spacial score (nSPS) is 12.1. The summed E-state index contributed by atoms with van der Waals surface area (Å²) in [7, 11) is 4.72. The highest BCUT2D eigenvalue weighted by atomic mass is 35.5. The molecule has 0 fully saturated rings. The molecule has 1 aromatic carbocycles. The largest absolute Gasteiger partial charge is 0.487 e. The number of hydrogen-bond acceptors (Lipinski definition) is 7. The van der Waals surface area contributed by atoms with E-state index in [0.717, 1.165) is 32.4 Å². The van der Waals surface area contributed by atoms with Crippen molar-refractivity contribution in [2.24, 2.45) is 29.5 Å². The Labute approximate surface area is 180 Å². The van der Waals surface area contributed by atoms with Crippen molar-refractivity contribution >= 4 is 23.3 Å². The summed E-state index contributed by atoms with van der Waals surface area (Å²) in [6, 6.07) is 5.05. The number of nitrogens with two attached hydrogens (primary N) is 3. The highest BCUT2D eigenvalue weighted by molar-refractivity contribution is 6.30. The molecule has 0 saturated heterocycles. The van der Waals surface area contributed by atoms with Gasteiger partial charge in [-0.25, -0.2) is 21.5 Å². The molecule has 0 aliphatic rings. The van der Waals surface area contributed by atoms with E-state index in [9.17, 15) is 4.79 Å². The van der Waals surface area contributed by atoms with E-state index in [0.29, 0.717) is 16.6 Å². The molecule has 0 bridgehead atoms. The van der Waals surface area contributed by atoms with E-state index in [1.54, 1.807) is 18.8 Å². The van der Waals surface area contributed by atoms with Gasteiger partial charge in [-0.1, -0.05) is 11.6 Å². The summed E-state index contributed by atoms with van der Waals surface area (Å²) in [4.78, 5) is 16.1. The second-order valence-corrected chi connectivity index (χ2v) is 7.00. The number of urea groups is 1. The summed E-state index contributed by atoms with van der Waals surface area (Å²) in [6.07, 6.45) is 1.18. The highest BCUT2D eigenvalue weighted by Crippen LogP contribution is 2.30. The topological polar surface area (TPSA) is 141 Å². The van der Waals surface area contributed by atoms with Gasteiger partial charge in [-0.2, -0.15) is 5.10 Å². The molecule has 0 spiro atoms. The van der Waals surface area contributed by atoms with Gasteiger partial charge in [0.15, 0.2) is 0 Å². The van der Waals surface area contributed by atoms with Gasteiger partial charge in [0.25, 0.3) is 0 Å². The van der Waals surface area contributed by atoms with Gasteiger partial charge in [0, 0.05) is 38.5 Å². The summed E-state index contributed by atoms with van der Waals surface area (Å²) in [5, 5.41) is 6.71. The number of benzene rings is 1. The SMILES string of the molecule is CN=C(COc1ccc(-c2nn(C)c(Cl)c2C)cc1C)C(=CN)N(N)C(=O)N(C)N. The van der Waals surface area contributed by atoms with Crippen molar-refractivity contribution in [3.8, 4) is 17.0 Å². The number of aromatic nitrogens is 2. The summed E-state index contributed by atoms with van der Waals surface area (Å²) < 4.78 is 7.53. The molecule has 0 radical (unpaired) electrons. The van der Waals surface area contributed by atoms with Gasteiger partial charge < -0.3 is 10.5 Å². The summed E-state index contributed by atoms with van der Waals surface area (Å²) >= 11 is 6.23. The van der Waals surface area contributed by atoms with Crippen molar-refractivity contribution in [2.75, 3.05) is 20.7 Å². The quantitative estimate of drug-likeness (QED) is 0.273. The van der Waals surface area contributed by atoms with Gasteiger partial charge in [-0.3, -0.25) is 14.7 Å².